The second kappa shape index (κ2) is 6.90. The highest BCUT2D eigenvalue weighted by Crippen LogP contribution is 2.27. The molecule has 3 rings (SSSR count). The molecule has 3 aromatic rings. The Kier molecular flexibility index (Phi) is 4.67. The predicted molar refractivity (Wildman–Crippen MR) is 89.8 cm³/mol. The number of aromatic nitrogens is 2. The third-order valence-electron chi connectivity index (χ3n) is 3.89. The molecule has 1 aromatic heterocycles. The van der Waals surface area contributed by atoms with Crippen LogP contribution in [0.4, 0.5) is 8.78 Å². The van der Waals surface area contributed by atoms with Crippen molar-refractivity contribution in [3.63, 3.8) is 0 Å². The fraction of sp³-hybridized carbons (Fsp3) is 0.167. The van der Waals surface area contributed by atoms with Crippen LogP contribution in [-0.4, -0.2) is 22.4 Å². The molecular weight excluding hydrogens is 326 g/mol. The molecule has 0 spiro atoms. The number of nitrogens with one attached hydrogen (secondary N) is 1. The maximum atomic E-state index is 14.3. The van der Waals surface area contributed by atoms with E-state index in [2.05, 4.69) is 15.3 Å². The summed E-state index contributed by atoms with van der Waals surface area (Å²) in [5.41, 5.74) is 5.64. The molecule has 5 nitrogen and oxygen atoms in total. The summed E-state index contributed by atoms with van der Waals surface area (Å²) in [6, 6.07) is 12.4. The third-order valence-corrected chi connectivity index (χ3v) is 3.89. The van der Waals surface area contributed by atoms with Crippen molar-refractivity contribution in [2.45, 2.75) is 12.0 Å². The number of alkyl halides is 2. The van der Waals surface area contributed by atoms with Crippen molar-refractivity contribution >= 4 is 16.7 Å². The minimum absolute atomic E-state index is 0.0133. The summed E-state index contributed by atoms with van der Waals surface area (Å²) < 4.78 is 28.5. The molecule has 0 aliphatic carbocycles. The molecule has 25 heavy (non-hydrogen) atoms. The van der Waals surface area contributed by atoms with E-state index in [1.54, 1.807) is 6.07 Å². The van der Waals surface area contributed by atoms with Gasteiger partial charge in [-0.15, -0.1) is 0 Å². The Bertz CT molecular complexity index is 886. The van der Waals surface area contributed by atoms with E-state index in [1.165, 1.54) is 6.20 Å². The van der Waals surface area contributed by atoms with Crippen LogP contribution in [0.1, 0.15) is 17.3 Å². The highest BCUT2D eigenvalue weighted by atomic mass is 19.3. The zero-order valence-corrected chi connectivity index (χ0v) is 13.2. The number of rotatable bonds is 5. The minimum Gasteiger partial charge on any atom is -0.342 e. The van der Waals surface area contributed by atoms with Gasteiger partial charge in [-0.05, 0) is 22.4 Å². The number of carbonyl (C=O) groups excluding carboxylic acids is 1. The van der Waals surface area contributed by atoms with Crippen molar-refractivity contribution in [3.8, 4) is 0 Å². The molecule has 0 radical (unpaired) electrons. The van der Waals surface area contributed by atoms with E-state index < -0.39 is 23.6 Å². The van der Waals surface area contributed by atoms with E-state index in [9.17, 15) is 13.6 Å². The molecule has 1 atom stereocenters. The fourth-order valence-electron chi connectivity index (χ4n) is 2.53. The lowest BCUT2D eigenvalue weighted by Crippen LogP contribution is -2.42. The lowest BCUT2D eigenvalue weighted by Gasteiger charge is -2.21. The molecule has 1 unspecified atom stereocenters. The van der Waals surface area contributed by atoms with Gasteiger partial charge in [0.2, 0.25) is 0 Å². The number of hydrogen-bond acceptors (Lipinski definition) is 4. The molecule has 3 N–H and O–H groups in total. The van der Waals surface area contributed by atoms with Crippen LogP contribution in [-0.2, 0) is 10.7 Å². The molecule has 7 heteroatoms. The zero-order chi connectivity index (χ0) is 17.9. The average Bonchev–Trinajstić information content (AvgIpc) is 2.66. The molecule has 2 aromatic carbocycles. The molecule has 0 fully saturated rings. The van der Waals surface area contributed by atoms with Gasteiger partial charge in [0.1, 0.15) is 5.69 Å². The van der Waals surface area contributed by atoms with Gasteiger partial charge in [0.05, 0.1) is 12.2 Å². The molecule has 128 valence electrons. The standard InChI is InChI=1S/C18H16F2N4O/c19-18(20,16-11-22-7-8-23-16)17(25)24-15(10-21)14-6-5-12-3-1-2-4-13(12)9-14/h1-9,11,15H,10,21H2,(H,24,25). The number of nitrogens with zero attached hydrogens (tertiary/aromatic N) is 2. The summed E-state index contributed by atoms with van der Waals surface area (Å²) in [5, 5.41) is 4.26. The molecule has 0 aliphatic heterocycles. The first-order chi connectivity index (χ1) is 12.0. The van der Waals surface area contributed by atoms with Gasteiger partial charge in [-0.25, -0.2) is 0 Å². The van der Waals surface area contributed by atoms with E-state index in [4.69, 9.17) is 5.73 Å². The lowest BCUT2D eigenvalue weighted by molar-refractivity contribution is -0.148. The monoisotopic (exact) mass is 342 g/mol. The molecule has 0 aliphatic rings. The number of amides is 1. The first-order valence-corrected chi connectivity index (χ1v) is 7.66. The highest BCUT2D eigenvalue weighted by molar-refractivity contribution is 5.85. The van der Waals surface area contributed by atoms with Crippen LogP contribution in [0.2, 0.25) is 0 Å². The van der Waals surface area contributed by atoms with E-state index in [-0.39, 0.29) is 6.54 Å². The van der Waals surface area contributed by atoms with Gasteiger partial charge < -0.3 is 11.1 Å². The van der Waals surface area contributed by atoms with Crippen LogP contribution in [0, 0.1) is 0 Å². The summed E-state index contributed by atoms with van der Waals surface area (Å²) in [6.45, 7) is -0.0133. The van der Waals surface area contributed by atoms with Gasteiger partial charge in [0.15, 0.2) is 0 Å². The van der Waals surface area contributed by atoms with Crippen molar-refractivity contribution in [1.29, 1.82) is 0 Å². The number of nitrogens with two attached hydrogens (primary N) is 1. The molecule has 0 saturated heterocycles. The Morgan fingerprint density at radius 1 is 1.16 bits per heavy atom. The predicted octanol–water partition coefficient (Wildman–Crippen LogP) is 2.54. The van der Waals surface area contributed by atoms with Crippen molar-refractivity contribution in [2.75, 3.05) is 6.54 Å². The van der Waals surface area contributed by atoms with Gasteiger partial charge in [-0.1, -0.05) is 36.4 Å². The maximum absolute atomic E-state index is 14.3. The summed E-state index contributed by atoms with van der Waals surface area (Å²) in [7, 11) is 0. The van der Waals surface area contributed by atoms with Gasteiger partial charge in [0, 0.05) is 18.9 Å². The summed E-state index contributed by atoms with van der Waals surface area (Å²) in [5.74, 6) is -5.25. The van der Waals surface area contributed by atoms with Gasteiger partial charge in [-0.3, -0.25) is 14.8 Å². The number of hydrogen-bond donors (Lipinski definition) is 2. The quantitative estimate of drug-likeness (QED) is 0.747. The molecule has 0 bridgehead atoms. The normalized spacial score (nSPS) is 12.8. The van der Waals surface area contributed by atoms with Crippen LogP contribution in [0.5, 0.6) is 0 Å². The zero-order valence-electron chi connectivity index (χ0n) is 13.2. The van der Waals surface area contributed by atoms with E-state index >= 15 is 0 Å². The van der Waals surface area contributed by atoms with Gasteiger partial charge in [-0.2, -0.15) is 8.78 Å². The number of halogens is 2. The van der Waals surface area contributed by atoms with Crippen LogP contribution in [0.15, 0.2) is 61.1 Å². The van der Waals surface area contributed by atoms with Gasteiger partial charge >= 0.3 is 5.92 Å². The molecule has 0 saturated carbocycles. The van der Waals surface area contributed by atoms with Gasteiger partial charge in [0.25, 0.3) is 5.91 Å². The third kappa shape index (κ3) is 3.46. The minimum atomic E-state index is -3.79. The van der Waals surface area contributed by atoms with Crippen LogP contribution in [0.25, 0.3) is 10.8 Å². The Morgan fingerprint density at radius 2 is 1.92 bits per heavy atom. The Balaban J connectivity index is 1.84. The number of fused-ring (bicyclic) bond motifs is 1. The summed E-state index contributed by atoms with van der Waals surface area (Å²) >= 11 is 0. The number of carbonyl (C=O) groups is 1. The largest absolute Gasteiger partial charge is 0.367 e. The smallest absolute Gasteiger partial charge is 0.342 e. The molecule has 1 amide bonds. The van der Waals surface area contributed by atoms with Crippen LogP contribution < -0.4 is 11.1 Å². The Morgan fingerprint density at radius 3 is 2.60 bits per heavy atom. The second-order valence-corrected chi connectivity index (χ2v) is 5.53. The SMILES string of the molecule is NCC(NC(=O)C(F)(F)c1cnccn1)c1ccc2ccccc2c1. The van der Waals surface area contributed by atoms with E-state index in [1.807, 2.05) is 36.4 Å². The lowest BCUT2D eigenvalue weighted by atomic mass is 10.0. The topological polar surface area (TPSA) is 80.9 Å². The first-order valence-electron chi connectivity index (χ1n) is 7.66. The number of benzene rings is 2. The summed E-state index contributed by atoms with van der Waals surface area (Å²) in [4.78, 5) is 19.2. The second-order valence-electron chi connectivity index (χ2n) is 5.53. The summed E-state index contributed by atoms with van der Waals surface area (Å²) in [6.07, 6.45) is 3.24. The van der Waals surface area contributed by atoms with Crippen molar-refractivity contribution in [1.82, 2.24) is 15.3 Å². The van der Waals surface area contributed by atoms with Crippen molar-refractivity contribution in [3.05, 3.63) is 72.3 Å². The van der Waals surface area contributed by atoms with Crippen LogP contribution >= 0.6 is 0 Å². The molecule has 1 heterocycles. The Labute approximate surface area is 142 Å². The van der Waals surface area contributed by atoms with Crippen molar-refractivity contribution in [2.24, 2.45) is 5.73 Å². The highest BCUT2D eigenvalue weighted by Gasteiger charge is 2.43. The molecular formula is C18H16F2N4O. The van der Waals surface area contributed by atoms with E-state index in [0.717, 1.165) is 23.2 Å². The average molecular weight is 342 g/mol. The Hall–Kier alpha value is -2.93. The fourth-order valence-corrected chi connectivity index (χ4v) is 2.53. The first kappa shape index (κ1) is 16.9. The van der Waals surface area contributed by atoms with Crippen LogP contribution in [0.3, 0.4) is 0 Å². The maximum Gasteiger partial charge on any atom is 0.367 e. The van der Waals surface area contributed by atoms with Crippen molar-refractivity contribution < 1.29 is 13.6 Å². The van der Waals surface area contributed by atoms with E-state index in [0.29, 0.717) is 5.56 Å².